The number of rotatable bonds is 4. The molecule has 126 valence electrons. The quantitative estimate of drug-likeness (QED) is 0.677. The van der Waals surface area contributed by atoms with Gasteiger partial charge in [-0.25, -0.2) is 9.37 Å². The number of fused-ring (bicyclic) bond motifs is 1. The van der Waals surface area contributed by atoms with Crippen molar-refractivity contribution in [3.63, 3.8) is 0 Å². The van der Waals surface area contributed by atoms with Crippen molar-refractivity contribution >= 4 is 23.0 Å². The first-order chi connectivity index (χ1) is 12.0. The van der Waals surface area contributed by atoms with Gasteiger partial charge in [-0.2, -0.15) is 0 Å². The zero-order chi connectivity index (χ0) is 17.8. The van der Waals surface area contributed by atoms with Crippen LogP contribution in [0.2, 0.25) is 0 Å². The molecule has 0 N–H and O–H groups in total. The molecule has 0 spiro atoms. The molecule has 0 fully saturated rings. The van der Waals surface area contributed by atoms with Gasteiger partial charge in [-0.05, 0) is 42.8 Å². The lowest BCUT2D eigenvalue weighted by Gasteiger charge is -2.24. The summed E-state index contributed by atoms with van der Waals surface area (Å²) in [6.07, 6.45) is 4.75. The highest BCUT2D eigenvalue weighted by Gasteiger charge is 2.15. The zero-order valence-corrected chi connectivity index (χ0v) is 14.1. The first-order valence-electron chi connectivity index (χ1n) is 7.97. The fourth-order valence-electron chi connectivity index (χ4n) is 2.48. The van der Waals surface area contributed by atoms with Crippen LogP contribution in [0.15, 0.2) is 60.8 Å². The molecule has 0 bridgehead atoms. The Balaban J connectivity index is 1.73. The number of nitrogens with zero attached hydrogens (tertiary/aromatic N) is 3. The summed E-state index contributed by atoms with van der Waals surface area (Å²) >= 11 is 0. The second kappa shape index (κ2) is 7.21. The van der Waals surface area contributed by atoms with E-state index in [1.807, 2.05) is 31.2 Å². The molecule has 0 aliphatic heterocycles. The minimum Gasteiger partial charge on any atom is -0.335 e. The summed E-state index contributed by atoms with van der Waals surface area (Å²) in [5.41, 5.74) is 3.09. The first kappa shape index (κ1) is 16.8. The molecule has 1 unspecified atom stereocenters. The zero-order valence-electron chi connectivity index (χ0n) is 14.1. The Hall–Kier alpha value is -3.08. The summed E-state index contributed by atoms with van der Waals surface area (Å²) in [4.78, 5) is 22.8. The van der Waals surface area contributed by atoms with Gasteiger partial charge in [-0.15, -0.1) is 0 Å². The summed E-state index contributed by atoms with van der Waals surface area (Å²) < 4.78 is 13.0. The summed E-state index contributed by atoms with van der Waals surface area (Å²) in [5.74, 6) is -0.452. The van der Waals surface area contributed by atoms with Crippen LogP contribution in [0.3, 0.4) is 0 Å². The number of amides is 1. The number of hydrogen-bond acceptors (Lipinski definition) is 3. The Morgan fingerprint density at radius 2 is 1.80 bits per heavy atom. The molecular formula is C20H18FN3O. The van der Waals surface area contributed by atoms with Crippen molar-refractivity contribution in [3.8, 4) is 0 Å². The van der Waals surface area contributed by atoms with E-state index in [1.165, 1.54) is 18.2 Å². The molecule has 0 aliphatic rings. The minimum absolute atomic E-state index is 0.160. The van der Waals surface area contributed by atoms with Crippen molar-refractivity contribution in [2.24, 2.45) is 0 Å². The van der Waals surface area contributed by atoms with E-state index in [1.54, 1.807) is 36.4 Å². The van der Waals surface area contributed by atoms with Crippen LogP contribution in [0.4, 0.5) is 4.39 Å². The molecule has 1 amide bonds. The highest BCUT2D eigenvalue weighted by molar-refractivity contribution is 5.91. The minimum atomic E-state index is -0.292. The van der Waals surface area contributed by atoms with E-state index >= 15 is 0 Å². The van der Waals surface area contributed by atoms with Crippen LogP contribution in [0.1, 0.15) is 24.2 Å². The van der Waals surface area contributed by atoms with Gasteiger partial charge in [0.1, 0.15) is 5.82 Å². The van der Waals surface area contributed by atoms with E-state index in [9.17, 15) is 9.18 Å². The Morgan fingerprint density at radius 3 is 2.52 bits per heavy atom. The van der Waals surface area contributed by atoms with Gasteiger partial charge in [0.2, 0.25) is 5.91 Å². The fourth-order valence-corrected chi connectivity index (χ4v) is 2.48. The van der Waals surface area contributed by atoms with Gasteiger partial charge in [-0.1, -0.05) is 24.3 Å². The monoisotopic (exact) mass is 335 g/mol. The number of likely N-dealkylation sites (N-methyl/N-ethyl adjacent to an activating group) is 1. The third-order valence-electron chi connectivity index (χ3n) is 4.14. The Labute approximate surface area is 145 Å². The average molecular weight is 335 g/mol. The highest BCUT2D eigenvalue weighted by atomic mass is 19.1. The van der Waals surface area contributed by atoms with Crippen molar-refractivity contribution in [1.82, 2.24) is 14.9 Å². The third kappa shape index (κ3) is 3.88. The van der Waals surface area contributed by atoms with Crippen LogP contribution >= 0.6 is 0 Å². The molecule has 2 aromatic carbocycles. The van der Waals surface area contributed by atoms with E-state index in [0.29, 0.717) is 5.69 Å². The maximum Gasteiger partial charge on any atom is 0.246 e. The molecule has 3 rings (SSSR count). The number of halogens is 1. The molecule has 4 nitrogen and oxygen atoms in total. The number of para-hydroxylation sites is 2. The summed E-state index contributed by atoms with van der Waals surface area (Å²) in [6.45, 7) is 1.90. The lowest BCUT2D eigenvalue weighted by Crippen LogP contribution is -2.27. The van der Waals surface area contributed by atoms with Crippen molar-refractivity contribution in [2.45, 2.75) is 13.0 Å². The van der Waals surface area contributed by atoms with E-state index < -0.39 is 0 Å². The molecule has 0 saturated carbocycles. The molecule has 0 radical (unpaired) electrons. The van der Waals surface area contributed by atoms with Crippen LogP contribution in [0, 0.1) is 5.82 Å². The van der Waals surface area contributed by atoms with Crippen LogP contribution < -0.4 is 0 Å². The Bertz CT molecular complexity index is 922. The largest absolute Gasteiger partial charge is 0.335 e. The van der Waals surface area contributed by atoms with E-state index in [4.69, 9.17) is 0 Å². The lowest BCUT2D eigenvalue weighted by molar-refractivity contribution is -0.126. The standard InChI is InChI=1S/C20H18FN3O/c1-14(15-7-9-16(21)10-8-15)24(2)20(25)12-11-17-13-22-18-5-3-4-6-19(18)23-17/h3-14H,1-2H3/b12-11+. The third-order valence-corrected chi connectivity index (χ3v) is 4.14. The van der Waals surface area contributed by atoms with Crippen molar-refractivity contribution in [2.75, 3.05) is 7.05 Å². The number of hydrogen-bond donors (Lipinski definition) is 0. The maximum atomic E-state index is 13.0. The number of benzene rings is 2. The molecule has 25 heavy (non-hydrogen) atoms. The SMILES string of the molecule is CC(c1ccc(F)cc1)N(C)C(=O)/C=C/c1cnc2ccccc2n1. The van der Waals surface area contributed by atoms with Gasteiger partial charge in [0.15, 0.2) is 0 Å². The van der Waals surface area contributed by atoms with Gasteiger partial charge in [0, 0.05) is 13.1 Å². The number of aromatic nitrogens is 2. The molecule has 0 saturated heterocycles. The van der Waals surface area contributed by atoms with Crippen LogP contribution in [-0.4, -0.2) is 27.8 Å². The van der Waals surface area contributed by atoms with Gasteiger partial charge in [0.05, 0.1) is 29.0 Å². The maximum absolute atomic E-state index is 13.0. The van der Waals surface area contributed by atoms with E-state index in [0.717, 1.165) is 16.6 Å². The summed E-state index contributed by atoms with van der Waals surface area (Å²) in [6, 6.07) is 13.6. The van der Waals surface area contributed by atoms with Gasteiger partial charge in [-0.3, -0.25) is 9.78 Å². The van der Waals surface area contributed by atoms with Gasteiger partial charge < -0.3 is 4.90 Å². The highest BCUT2D eigenvalue weighted by Crippen LogP contribution is 2.19. The number of carbonyl (C=O) groups excluding carboxylic acids is 1. The first-order valence-corrected chi connectivity index (χ1v) is 7.97. The Morgan fingerprint density at radius 1 is 1.12 bits per heavy atom. The number of carbonyl (C=O) groups is 1. The predicted octanol–water partition coefficient (Wildman–Crippen LogP) is 4.00. The molecule has 1 heterocycles. The van der Waals surface area contributed by atoms with Crippen molar-refractivity contribution < 1.29 is 9.18 Å². The fraction of sp³-hybridized carbons (Fsp3) is 0.150. The molecule has 0 aliphatic carbocycles. The van der Waals surface area contributed by atoms with Crippen molar-refractivity contribution in [3.05, 3.63) is 77.9 Å². The topological polar surface area (TPSA) is 46.1 Å². The molecule has 1 atom stereocenters. The van der Waals surface area contributed by atoms with Crippen LogP contribution in [0.25, 0.3) is 17.1 Å². The lowest BCUT2D eigenvalue weighted by atomic mass is 10.1. The Kier molecular flexibility index (Phi) is 4.84. The van der Waals surface area contributed by atoms with Crippen LogP contribution in [0.5, 0.6) is 0 Å². The summed E-state index contributed by atoms with van der Waals surface area (Å²) in [5, 5.41) is 0. The predicted molar refractivity (Wildman–Crippen MR) is 96.2 cm³/mol. The smallest absolute Gasteiger partial charge is 0.246 e. The normalized spacial score (nSPS) is 12.4. The van der Waals surface area contributed by atoms with E-state index in [2.05, 4.69) is 9.97 Å². The van der Waals surface area contributed by atoms with Gasteiger partial charge >= 0.3 is 0 Å². The summed E-state index contributed by atoms with van der Waals surface area (Å²) in [7, 11) is 1.72. The van der Waals surface area contributed by atoms with Crippen molar-refractivity contribution in [1.29, 1.82) is 0 Å². The van der Waals surface area contributed by atoms with Crippen LogP contribution in [-0.2, 0) is 4.79 Å². The van der Waals surface area contributed by atoms with Gasteiger partial charge in [0.25, 0.3) is 0 Å². The molecule has 1 aromatic heterocycles. The molecule has 3 aromatic rings. The second-order valence-corrected chi connectivity index (χ2v) is 5.79. The molecular weight excluding hydrogens is 317 g/mol. The second-order valence-electron chi connectivity index (χ2n) is 5.79. The molecule has 5 heteroatoms. The average Bonchev–Trinajstić information content (AvgIpc) is 2.65. The van der Waals surface area contributed by atoms with E-state index in [-0.39, 0.29) is 17.8 Å².